The second-order valence-electron chi connectivity index (χ2n) is 5.35. The Labute approximate surface area is 129 Å². The Balaban J connectivity index is 1.89. The lowest BCUT2D eigenvalue weighted by molar-refractivity contribution is -0.134. The first-order valence-electron chi connectivity index (χ1n) is 7.28. The molecule has 0 unspecified atom stereocenters. The van der Waals surface area contributed by atoms with Gasteiger partial charge in [0.25, 0.3) is 5.91 Å². The maximum absolute atomic E-state index is 12.1. The molecule has 0 bridgehead atoms. The lowest BCUT2D eigenvalue weighted by atomic mass is 10.2. The fraction of sp³-hybridized carbons (Fsp3) is 0.562. The molecule has 1 aliphatic carbocycles. The van der Waals surface area contributed by atoms with Gasteiger partial charge in [0.2, 0.25) is 0 Å². The third-order valence-electron chi connectivity index (χ3n) is 4.02. The zero-order valence-electron chi connectivity index (χ0n) is 12.2. The highest BCUT2D eigenvalue weighted by molar-refractivity contribution is 9.10. The number of carbonyl (C=O) groups is 1. The van der Waals surface area contributed by atoms with Gasteiger partial charge >= 0.3 is 0 Å². The molecule has 1 aromatic carbocycles. The third-order valence-corrected chi connectivity index (χ3v) is 4.64. The number of ether oxygens (including phenoxy) is 1. The number of hydrogen-bond acceptors (Lipinski definition) is 2. The van der Waals surface area contributed by atoms with E-state index >= 15 is 0 Å². The normalized spacial score (nSPS) is 15.3. The second kappa shape index (κ2) is 7.11. The van der Waals surface area contributed by atoms with Crippen molar-refractivity contribution in [2.45, 2.75) is 45.1 Å². The summed E-state index contributed by atoms with van der Waals surface area (Å²) >= 11 is 3.49. The molecule has 20 heavy (non-hydrogen) atoms. The van der Waals surface area contributed by atoms with E-state index in [9.17, 15) is 4.79 Å². The third kappa shape index (κ3) is 3.75. The number of benzene rings is 1. The molecule has 0 heterocycles. The van der Waals surface area contributed by atoms with Gasteiger partial charge in [-0.25, -0.2) is 0 Å². The van der Waals surface area contributed by atoms with Gasteiger partial charge in [-0.2, -0.15) is 0 Å². The minimum absolute atomic E-state index is 0.0587. The van der Waals surface area contributed by atoms with Gasteiger partial charge in [0.1, 0.15) is 5.75 Å². The standard InChI is InChI=1S/C16H22BrNO2/c1-3-12-8-9-15(14(17)10-12)20-11-16(19)18(2)13-6-4-5-7-13/h8-10,13H,3-7,11H2,1-2H3. The molecule has 0 aromatic heterocycles. The molecule has 1 saturated carbocycles. The Bertz CT molecular complexity index is 470. The van der Waals surface area contributed by atoms with Crippen LogP contribution in [0.1, 0.15) is 38.2 Å². The van der Waals surface area contributed by atoms with E-state index in [4.69, 9.17) is 4.74 Å². The predicted octanol–water partition coefficient (Wildman–Crippen LogP) is 3.79. The molecule has 1 aromatic rings. The van der Waals surface area contributed by atoms with Gasteiger partial charge in [-0.05, 0) is 52.9 Å². The Hall–Kier alpha value is -1.03. The van der Waals surface area contributed by atoms with Crippen LogP contribution in [0.3, 0.4) is 0 Å². The van der Waals surface area contributed by atoms with Crippen molar-refractivity contribution in [1.82, 2.24) is 4.90 Å². The molecule has 1 amide bonds. The fourth-order valence-electron chi connectivity index (χ4n) is 2.62. The zero-order chi connectivity index (χ0) is 14.5. The summed E-state index contributed by atoms with van der Waals surface area (Å²) in [6.45, 7) is 2.22. The summed E-state index contributed by atoms with van der Waals surface area (Å²) in [5.74, 6) is 0.790. The lowest BCUT2D eigenvalue weighted by Crippen LogP contribution is -2.38. The summed E-state index contributed by atoms with van der Waals surface area (Å²) in [4.78, 5) is 14.0. The highest BCUT2D eigenvalue weighted by Gasteiger charge is 2.23. The summed E-state index contributed by atoms with van der Waals surface area (Å²) in [5, 5.41) is 0. The molecule has 110 valence electrons. The van der Waals surface area contributed by atoms with E-state index in [0.29, 0.717) is 6.04 Å². The van der Waals surface area contributed by atoms with E-state index in [2.05, 4.69) is 22.9 Å². The monoisotopic (exact) mass is 339 g/mol. The van der Waals surface area contributed by atoms with Crippen molar-refractivity contribution in [3.05, 3.63) is 28.2 Å². The minimum Gasteiger partial charge on any atom is -0.483 e. The zero-order valence-corrected chi connectivity index (χ0v) is 13.8. The van der Waals surface area contributed by atoms with E-state index < -0.39 is 0 Å². The number of nitrogens with zero attached hydrogens (tertiary/aromatic N) is 1. The van der Waals surface area contributed by atoms with Gasteiger partial charge in [-0.3, -0.25) is 4.79 Å². The summed E-state index contributed by atoms with van der Waals surface area (Å²) in [6, 6.07) is 6.40. The molecule has 0 aliphatic heterocycles. The van der Waals surface area contributed by atoms with Crippen molar-refractivity contribution >= 4 is 21.8 Å². The number of halogens is 1. The SMILES string of the molecule is CCc1ccc(OCC(=O)N(C)C2CCCC2)c(Br)c1. The van der Waals surface area contributed by atoms with Crippen molar-refractivity contribution in [3.63, 3.8) is 0 Å². The number of rotatable bonds is 5. The molecule has 0 radical (unpaired) electrons. The Morgan fingerprint density at radius 2 is 2.10 bits per heavy atom. The molecular weight excluding hydrogens is 318 g/mol. The smallest absolute Gasteiger partial charge is 0.260 e. The Morgan fingerprint density at radius 3 is 2.70 bits per heavy atom. The van der Waals surface area contributed by atoms with Crippen LogP contribution in [-0.4, -0.2) is 30.5 Å². The van der Waals surface area contributed by atoms with Crippen molar-refractivity contribution in [1.29, 1.82) is 0 Å². The Morgan fingerprint density at radius 1 is 1.40 bits per heavy atom. The minimum atomic E-state index is 0.0587. The van der Waals surface area contributed by atoms with Crippen LogP contribution >= 0.6 is 15.9 Å². The molecular formula is C16H22BrNO2. The number of amides is 1. The molecule has 1 fully saturated rings. The Kier molecular flexibility index (Phi) is 5.46. The molecule has 0 atom stereocenters. The van der Waals surface area contributed by atoms with Crippen molar-refractivity contribution in [2.75, 3.05) is 13.7 Å². The van der Waals surface area contributed by atoms with Crippen LogP contribution in [0.15, 0.2) is 22.7 Å². The molecule has 1 aliphatic rings. The number of aryl methyl sites for hydroxylation is 1. The first-order chi connectivity index (χ1) is 9.61. The van der Waals surface area contributed by atoms with Crippen LogP contribution in [0.25, 0.3) is 0 Å². The number of hydrogen-bond donors (Lipinski definition) is 0. The van der Waals surface area contributed by atoms with Gasteiger partial charge < -0.3 is 9.64 Å². The maximum Gasteiger partial charge on any atom is 0.260 e. The van der Waals surface area contributed by atoms with Crippen LogP contribution in [0.4, 0.5) is 0 Å². The topological polar surface area (TPSA) is 29.5 Å². The average Bonchev–Trinajstić information content (AvgIpc) is 2.98. The van der Waals surface area contributed by atoms with Gasteiger partial charge in [-0.15, -0.1) is 0 Å². The van der Waals surface area contributed by atoms with E-state index in [1.54, 1.807) is 0 Å². The van der Waals surface area contributed by atoms with Crippen LogP contribution in [0, 0.1) is 0 Å². The highest BCUT2D eigenvalue weighted by Crippen LogP contribution is 2.27. The number of likely N-dealkylation sites (N-methyl/N-ethyl adjacent to an activating group) is 1. The maximum atomic E-state index is 12.1. The second-order valence-corrected chi connectivity index (χ2v) is 6.20. The van der Waals surface area contributed by atoms with Crippen LogP contribution in [0.5, 0.6) is 5.75 Å². The highest BCUT2D eigenvalue weighted by atomic mass is 79.9. The van der Waals surface area contributed by atoms with Crippen LogP contribution < -0.4 is 4.74 Å². The van der Waals surface area contributed by atoms with Crippen molar-refractivity contribution < 1.29 is 9.53 Å². The molecule has 0 spiro atoms. The molecule has 0 saturated heterocycles. The quantitative estimate of drug-likeness (QED) is 0.816. The lowest BCUT2D eigenvalue weighted by Gasteiger charge is -2.24. The first kappa shape index (κ1) is 15.4. The van der Waals surface area contributed by atoms with Gasteiger partial charge in [0.05, 0.1) is 4.47 Å². The molecule has 0 N–H and O–H groups in total. The fourth-order valence-corrected chi connectivity index (χ4v) is 3.16. The van der Waals surface area contributed by atoms with E-state index in [0.717, 1.165) is 29.5 Å². The molecule has 3 nitrogen and oxygen atoms in total. The summed E-state index contributed by atoms with van der Waals surface area (Å²) in [7, 11) is 1.89. The van der Waals surface area contributed by atoms with E-state index in [1.807, 2.05) is 30.1 Å². The molecule has 4 heteroatoms. The summed E-state index contributed by atoms with van der Waals surface area (Å²) in [5.41, 5.74) is 1.25. The van der Waals surface area contributed by atoms with Crippen molar-refractivity contribution in [2.24, 2.45) is 0 Å². The van der Waals surface area contributed by atoms with E-state index in [-0.39, 0.29) is 12.5 Å². The van der Waals surface area contributed by atoms with Crippen molar-refractivity contribution in [3.8, 4) is 5.75 Å². The molecule has 2 rings (SSSR count). The van der Waals surface area contributed by atoms with Gasteiger partial charge in [-0.1, -0.05) is 25.8 Å². The van der Waals surface area contributed by atoms with E-state index in [1.165, 1.54) is 18.4 Å². The van der Waals surface area contributed by atoms with Crippen LogP contribution in [0.2, 0.25) is 0 Å². The average molecular weight is 340 g/mol. The summed E-state index contributed by atoms with van der Waals surface area (Å²) < 4.78 is 6.55. The van der Waals surface area contributed by atoms with Gasteiger partial charge in [0, 0.05) is 13.1 Å². The predicted molar refractivity (Wildman–Crippen MR) is 84.0 cm³/mol. The largest absolute Gasteiger partial charge is 0.483 e. The summed E-state index contributed by atoms with van der Waals surface area (Å²) in [6.07, 6.45) is 5.69. The number of carbonyl (C=O) groups excluding carboxylic acids is 1. The van der Waals surface area contributed by atoms with Crippen LogP contribution in [-0.2, 0) is 11.2 Å². The first-order valence-corrected chi connectivity index (χ1v) is 8.08. The van der Waals surface area contributed by atoms with Gasteiger partial charge in [0.15, 0.2) is 6.61 Å².